The molecule has 1 unspecified atom stereocenters. The van der Waals surface area contributed by atoms with Crippen LogP contribution in [0.4, 0.5) is 5.69 Å². The third-order valence-corrected chi connectivity index (χ3v) is 6.13. The van der Waals surface area contributed by atoms with Crippen molar-refractivity contribution in [3.8, 4) is 5.75 Å². The highest BCUT2D eigenvalue weighted by molar-refractivity contribution is 7.89. The summed E-state index contributed by atoms with van der Waals surface area (Å²) >= 11 is 0. The van der Waals surface area contributed by atoms with Crippen molar-refractivity contribution in [3.05, 3.63) is 53.6 Å². The summed E-state index contributed by atoms with van der Waals surface area (Å²) in [6.07, 6.45) is 1.98. The van der Waals surface area contributed by atoms with Crippen molar-refractivity contribution in [2.24, 2.45) is 5.92 Å². The van der Waals surface area contributed by atoms with Crippen LogP contribution in [-0.4, -0.2) is 20.9 Å². The molecular weight excluding hydrogens is 376 g/mol. The second-order valence-corrected chi connectivity index (χ2v) is 8.81. The van der Waals surface area contributed by atoms with E-state index in [0.717, 1.165) is 24.0 Å². The van der Waals surface area contributed by atoms with Crippen LogP contribution in [0, 0.1) is 12.8 Å². The van der Waals surface area contributed by atoms with Crippen molar-refractivity contribution in [1.29, 1.82) is 0 Å². The van der Waals surface area contributed by atoms with Crippen LogP contribution >= 0.6 is 0 Å². The Morgan fingerprint density at radius 3 is 2.43 bits per heavy atom. The van der Waals surface area contributed by atoms with Gasteiger partial charge in [-0.05, 0) is 56.4 Å². The Morgan fingerprint density at radius 1 is 1.18 bits per heavy atom. The molecule has 1 aliphatic rings. The first-order chi connectivity index (χ1) is 13.3. The summed E-state index contributed by atoms with van der Waals surface area (Å²) < 4.78 is 34.9. The van der Waals surface area contributed by atoms with Crippen molar-refractivity contribution in [1.82, 2.24) is 4.72 Å². The summed E-state index contributed by atoms with van der Waals surface area (Å²) in [6.45, 7) is 5.52. The highest BCUT2D eigenvalue weighted by atomic mass is 32.2. The van der Waals surface area contributed by atoms with Gasteiger partial charge in [-0.25, -0.2) is 13.1 Å². The molecule has 0 aromatic heterocycles. The monoisotopic (exact) mass is 402 g/mol. The zero-order valence-electron chi connectivity index (χ0n) is 16.4. The van der Waals surface area contributed by atoms with E-state index in [1.807, 2.05) is 31.2 Å². The first kappa shape index (κ1) is 20.4. The Bertz CT molecular complexity index is 951. The molecule has 1 saturated carbocycles. The molecule has 0 radical (unpaired) electrons. The van der Waals surface area contributed by atoms with Crippen LogP contribution in [0.25, 0.3) is 0 Å². The van der Waals surface area contributed by atoms with Gasteiger partial charge >= 0.3 is 0 Å². The van der Waals surface area contributed by atoms with E-state index in [4.69, 9.17) is 4.74 Å². The smallest absolute Gasteiger partial charge is 0.244 e. The molecular formula is C21H26N2O4S. The summed E-state index contributed by atoms with van der Waals surface area (Å²) in [5.74, 6) is 0.282. The number of amides is 1. The Morgan fingerprint density at radius 2 is 1.86 bits per heavy atom. The largest absolute Gasteiger partial charge is 0.492 e. The van der Waals surface area contributed by atoms with E-state index in [2.05, 4.69) is 10.0 Å². The van der Waals surface area contributed by atoms with Gasteiger partial charge in [-0.3, -0.25) is 4.79 Å². The van der Waals surface area contributed by atoms with Crippen molar-refractivity contribution in [2.45, 2.75) is 44.6 Å². The third kappa shape index (κ3) is 4.91. The van der Waals surface area contributed by atoms with Gasteiger partial charge < -0.3 is 10.1 Å². The number of benzene rings is 2. The second kappa shape index (κ2) is 8.32. The number of hydrogen-bond donors (Lipinski definition) is 2. The van der Waals surface area contributed by atoms with Crippen molar-refractivity contribution < 1.29 is 17.9 Å². The molecule has 0 aliphatic heterocycles. The van der Waals surface area contributed by atoms with Gasteiger partial charge in [-0.1, -0.05) is 29.8 Å². The van der Waals surface area contributed by atoms with E-state index < -0.39 is 10.0 Å². The average Bonchev–Trinajstić information content (AvgIpc) is 3.46. The molecule has 1 fully saturated rings. The van der Waals surface area contributed by atoms with Crippen LogP contribution in [0.3, 0.4) is 0 Å². The molecule has 7 heteroatoms. The number of carbonyl (C=O) groups is 1. The SMILES string of the molecule is CCOc1ccc(NC(C)=O)cc1S(=O)(=O)NC(c1ccc(C)cc1)C1CC1. The molecule has 2 aromatic rings. The van der Waals surface area contributed by atoms with Crippen LogP contribution in [-0.2, 0) is 14.8 Å². The van der Waals surface area contributed by atoms with E-state index in [9.17, 15) is 13.2 Å². The maximum atomic E-state index is 13.2. The van der Waals surface area contributed by atoms with Crippen molar-refractivity contribution in [2.75, 3.05) is 11.9 Å². The number of carbonyl (C=O) groups excluding carboxylic acids is 1. The van der Waals surface area contributed by atoms with E-state index in [0.29, 0.717) is 12.3 Å². The minimum Gasteiger partial charge on any atom is -0.492 e. The fourth-order valence-corrected chi connectivity index (χ4v) is 4.61. The van der Waals surface area contributed by atoms with Gasteiger partial charge in [0.2, 0.25) is 15.9 Å². The molecule has 0 bridgehead atoms. The van der Waals surface area contributed by atoms with Crippen LogP contribution < -0.4 is 14.8 Å². The molecule has 0 heterocycles. The molecule has 0 saturated heterocycles. The van der Waals surface area contributed by atoms with E-state index >= 15 is 0 Å². The fourth-order valence-electron chi connectivity index (χ4n) is 3.14. The lowest BCUT2D eigenvalue weighted by Crippen LogP contribution is -2.30. The van der Waals surface area contributed by atoms with Gasteiger partial charge in [0, 0.05) is 18.7 Å². The molecule has 3 rings (SSSR count). The Hall–Kier alpha value is -2.38. The molecule has 2 N–H and O–H groups in total. The molecule has 1 aliphatic carbocycles. The zero-order chi connectivity index (χ0) is 20.3. The highest BCUT2D eigenvalue weighted by Crippen LogP contribution is 2.42. The van der Waals surface area contributed by atoms with Crippen LogP contribution in [0.5, 0.6) is 5.75 Å². The summed E-state index contributed by atoms with van der Waals surface area (Å²) in [6, 6.07) is 12.3. The van der Waals surface area contributed by atoms with Crippen molar-refractivity contribution >= 4 is 21.6 Å². The Labute approximate surface area is 166 Å². The molecule has 150 valence electrons. The standard InChI is InChI=1S/C21H26N2O4S/c1-4-27-19-12-11-18(22-15(3)24)13-20(19)28(25,26)23-21(17-9-10-17)16-7-5-14(2)6-8-16/h5-8,11-13,17,21,23H,4,9-10H2,1-3H3,(H,22,24). The predicted octanol–water partition coefficient (Wildman–Crippen LogP) is 3.78. The number of hydrogen-bond acceptors (Lipinski definition) is 4. The van der Waals surface area contributed by atoms with Gasteiger partial charge in [0.25, 0.3) is 0 Å². The minimum atomic E-state index is -3.86. The van der Waals surface area contributed by atoms with Gasteiger partial charge in [-0.2, -0.15) is 0 Å². The summed E-state index contributed by atoms with van der Waals surface area (Å²) in [4.78, 5) is 11.4. The van der Waals surface area contributed by atoms with E-state index in [-0.39, 0.29) is 28.5 Å². The van der Waals surface area contributed by atoms with Gasteiger partial charge in [0.05, 0.1) is 6.61 Å². The normalized spacial score (nSPS) is 15.1. The number of aryl methyl sites for hydroxylation is 1. The molecule has 1 atom stereocenters. The summed E-state index contributed by atoms with van der Waals surface area (Å²) in [5, 5.41) is 2.63. The predicted molar refractivity (Wildman–Crippen MR) is 109 cm³/mol. The second-order valence-electron chi connectivity index (χ2n) is 7.12. The summed E-state index contributed by atoms with van der Waals surface area (Å²) in [5.41, 5.74) is 2.49. The minimum absolute atomic E-state index is 0.0263. The molecule has 28 heavy (non-hydrogen) atoms. The zero-order valence-corrected chi connectivity index (χ0v) is 17.2. The van der Waals surface area contributed by atoms with Gasteiger partial charge in [-0.15, -0.1) is 0 Å². The van der Waals surface area contributed by atoms with Crippen LogP contribution in [0.1, 0.15) is 43.9 Å². The number of nitrogens with one attached hydrogen (secondary N) is 2. The molecule has 6 nitrogen and oxygen atoms in total. The van der Waals surface area contributed by atoms with E-state index in [1.54, 1.807) is 19.1 Å². The Balaban J connectivity index is 1.95. The van der Waals surface area contributed by atoms with Gasteiger partial charge in [0.1, 0.15) is 10.6 Å². The summed E-state index contributed by atoms with van der Waals surface area (Å²) in [7, 11) is -3.86. The quantitative estimate of drug-likeness (QED) is 0.704. The highest BCUT2D eigenvalue weighted by Gasteiger charge is 2.36. The van der Waals surface area contributed by atoms with Gasteiger partial charge in [0.15, 0.2) is 0 Å². The lowest BCUT2D eigenvalue weighted by Gasteiger charge is -2.21. The number of rotatable bonds is 8. The van der Waals surface area contributed by atoms with Crippen LogP contribution in [0.15, 0.2) is 47.4 Å². The molecule has 1 amide bonds. The topological polar surface area (TPSA) is 84.5 Å². The number of sulfonamides is 1. The molecule has 0 spiro atoms. The van der Waals surface area contributed by atoms with E-state index in [1.165, 1.54) is 13.0 Å². The van der Waals surface area contributed by atoms with Crippen molar-refractivity contribution in [3.63, 3.8) is 0 Å². The fraction of sp³-hybridized carbons (Fsp3) is 0.381. The first-order valence-corrected chi connectivity index (χ1v) is 10.9. The maximum absolute atomic E-state index is 13.2. The maximum Gasteiger partial charge on any atom is 0.244 e. The molecule has 2 aromatic carbocycles. The van der Waals surface area contributed by atoms with Crippen LogP contribution in [0.2, 0.25) is 0 Å². The lowest BCUT2D eigenvalue weighted by molar-refractivity contribution is -0.114. The number of anilines is 1. The lowest BCUT2D eigenvalue weighted by atomic mass is 10.0. The first-order valence-electron chi connectivity index (χ1n) is 9.43. The Kier molecular flexibility index (Phi) is 6.05. The third-order valence-electron chi connectivity index (χ3n) is 4.67. The average molecular weight is 403 g/mol. The number of ether oxygens (including phenoxy) is 1.